The van der Waals surface area contributed by atoms with E-state index in [2.05, 4.69) is 81.2 Å². The number of aryl methyl sites for hydroxylation is 1. The number of likely N-dealkylation sites (tertiary alicyclic amines) is 1. The van der Waals surface area contributed by atoms with Crippen molar-refractivity contribution in [3.63, 3.8) is 0 Å². The molecule has 3 N–H and O–H groups in total. The lowest BCUT2D eigenvalue weighted by Crippen LogP contribution is -2.57. The van der Waals surface area contributed by atoms with Crippen LogP contribution in [0.2, 0.25) is 0 Å². The first kappa shape index (κ1) is 52.0. The van der Waals surface area contributed by atoms with Crippen molar-refractivity contribution in [2.75, 3.05) is 65.8 Å². The number of nitrogens with zero attached hydrogens (tertiary/aromatic N) is 4. The average Bonchev–Trinajstić information content (AvgIpc) is 3.99. The molecule has 5 aromatic rings. The maximum absolute atomic E-state index is 14.0. The molecule has 15 heteroatoms. The molecule has 3 heterocycles. The van der Waals surface area contributed by atoms with Crippen LogP contribution in [-0.2, 0) is 39.9 Å². The van der Waals surface area contributed by atoms with E-state index >= 15 is 0 Å². The second-order valence-corrected chi connectivity index (χ2v) is 19.9. The predicted octanol–water partition coefficient (Wildman–Crippen LogP) is 6.73. The van der Waals surface area contributed by atoms with Gasteiger partial charge in [0.1, 0.15) is 12.1 Å². The standard InChI is InChI=1S/C55H68N6O8S/c1-39-51(70-38-57-39)44-22-20-40(21-23-44)35-56-53(65)46-34-45(62)36-61(46)54(66)52(55(2,3)4)58-48(63)24-28-67-30-32-69-33-31-68-29-25-49(64)60-27-26-59(37-47(60)41-14-8-5-9-15-41)50(42-16-10-6-11-17-42)43-18-12-7-13-19-43/h5-23,38,45-47,50,52,62H,24-37H2,1-4H3,(H,56,65)(H,58,63)/t45-,46+,47-,52-/m1/s1. The first-order valence-corrected chi connectivity index (χ1v) is 25.2. The highest BCUT2D eigenvalue weighted by atomic mass is 32.1. The molecule has 70 heavy (non-hydrogen) atoms. The minimum absolute atomic E-state index is 0.00652. The Labute approximate surface area is 416 Å². The van der Waals surface area contributed by atoms with Gasteiger partial charge in [0, 0.05) is 45.6 Å². The second-order valence-electron chi connectivity index (χ2n) is 19.0. The van der Waals surface area contributed by atoms with E-state index in [1.165, 1.54) is 16.0 Å². The molecule has 4 amide bonds. The summed E-state index contributed by atoms with van der Waals surface area (Å²) in [5, 5.41) is 16.4. The van der Waals surface area contributed by atoms with Crippen molar-refractivity contribution < 1.29 is 38.5 Å². The lowest BCUT2D eigenvalue weighted by Gasteiger charge is -2.45. The van der Waals surface area contributed by atoms with Gasteiger partial charge in [0.15, 0.2) is 0 Å². The third-order valence-corrected chi connectivity index (χ3v) is 13.9. The number of thiazole rings is 1. The highest BCUT2D eigenvalue weighted by Crippen LogP contribution is 2.35. The zero-order valence-electron chi connectivity index (χ0n) is 40.8. The number of nitrogens with one attached hydrogen (secondary N) is 2. The summed E-state index contributed by atoms with van der Waals surface area (Å²) in [6.45, 7) is 11.4. The molecule has 2 fully saturated rings. The first-order chi connectivity index (χ1) is 33.9. The van der Waals surface area contributed by atoms with Crippen molar-refractivity contribution in [3.8, 4) is 10.4 Å². The van der Waals surface area contributed by atoms with Crippen molar-refractivity contribution in [2.45, 2.75) is 83.8 Å². The van der Waals surface area contributed by atoms with Gasteiger partial charge in [-0.1, -0.05) is 136 Å². The number of hydrogen-bond donors (Lipinski definition) is 3. The van der Waals surface area contributed by atoms with Crippen molar-refractivity contribution in [3.05, 3.63) is 149 Å². The maximum atomic E-state index is 14.0. The van der Waals surface area contributed by atoms with Crippen molar-refractivity contribution in [1.29, 1.82) is 0 Å². The van der Waals surface area contributed by atoms with Crippen LogP contribution in [0, 0.1) is 12.3 Å². The Morgan fingerprint density at radius 3 is 1.91 bits per heavy atom. The smallest absolute Gasteiger partial charge is 0.246 e. The fourth-order valence-corrected chi connectivity index (χ4v) is 10.0. The molecular weight excluding hydrogens is 905 g/mol. The summed E-state index contributed by atoms with van der Waals surface area (Å²) in [7, 11) is 0. The molecule has 4 atom stereocenters. The van der Waals surface area contributed by atoms with Crippen LogP contribution in [0.3, 0.4) is 0 Å². The monoisotopic (exact) mass is 972 g/mol. The van der Waals surface area contributed by atoms with Crippen LogP contribution >= 0.6 is 11.3 Å². The molecule has 0 spiro atoms. The SMILES string of the molecule is Cc1ncsc1-c1ccc(CNC(=O)[C@@H]2C[C@@H](O)CN2C(=O)[C@@H](NC(=O)CCOCCOCCOCCC(=O)N2CCN(C(c3ccccc3)c3ccccc3)C[C@@H]2c2ccccc2)C(C)(C)C)cc1. The number of ether oxygens (including phenoxy) is 3. The Morgan fingerprint density at radius 1 is 0.743 bits per heavy atom. The molecule has 2 aliphatic heterocycles. The normalized spacial score (nSPS) is 17.9. The van der Waals surface area contributed by atoms with Crippen LogP contribution < -0.4 is 10.6 Å². The van der Waals surface area contributed by atoms with Gasteiger partial charge in [0.2, 0.25) is 23.6 Å². The first-order valence-electron chi connectivity index (χ1n) is 24.3. The van der Waals surface area contributed by atoms with Crippen LogP contribution in [0.15, 0.2) is 121 Å². The zero-order valence-corrected chi connectivity index (χ0v) is 41.7. The molecule has 372 valence electrons. The molecular formula is C55H68N6O8S. The number of aromatic nitrogens is 1. The molecule has 4 aromatic carbocycles. The minimum Gasteiger partial charge on any atom is -0.391 e. The number of carbonyl (C=O) groups excluding carboxylic acids is 4. The van der Waals surface area contributed by atoms with Gasteiger partial charge in [0.05, 0.1) is 80.3 Å². The summed E-state index contributed by atoms with van der Waals surface area (Å²) >= 11 is 1.58. The van der Waals surface area contributed by atoms with Crippen LogP contribution in [0.4, 0.5) is 0 Å². The fourth-order valence-electron chi connectivity index (χ4n) is 9.21. The molecule has 0 aliphatic carbocycles. The molecule has 0 saturated carbocycles. The van der Waals surface area contributed by atoms with Crippen LogP contribution in [0.5, 0.6) is 0 Å². The quantitative estimate of drug-likeness (QED) is 0.0635. The number of aliphatic hydroxyl groups excluding tert-OH is 1. The van der Waals surface area contributed by atoms with Gasteiger partial charge < -0.3 is 39.8 Å². The number of hydrogen-bond acceptors (Lipinski definition) is 11. The van der Waals surface area contributed by atoms with Gasteiger partial charge in [-0.2, -0.15) is 0 Å². The summed E-state index contributed by atoms with van der Waals surface area (Å²) in [4.78, 5) is 65.6. The van der Waals surface area contributed by atoms with Gasteiger partial charge in [-0.25, -0.2) is 4.98 Å². The van der Waals surface area contributed by atoms with E-state index in [4.69, 9.17) is 14.2 Å². The Morgan fingerprint density at radius 2 is 1.33 bits per heavy atom. The van der Waals surface area contributed by atoms with Crippen molar-refractivity contribution >= 4 is 35.0 Å². The average molecular weight is 973 g/mol. The summed E-state index contributed by atoms with van der Waals surface area (Å²) in [6, 6.07) is 37.4. The van der Waals surface area contributed by atoms with Crippen LogP contribution in [0.25, 0.3) is 10.4 Å². The van der Waals surface area contributed by atoms with E-state index in [1.807, 2.05) is 92.7 Å². The Hall–Kier alpha value is -5.81. The molecule has 7 rings (SSSR count). The van der Waals surface area contributed by atoms with Gasteiger partial charge in [-0.05, 0) is 40.2 Å². The molecule has 0 bridgehead atoms. The number of amides is 4. The van der Waals surface area contributed by atoms with E-state index in [0.29, 0.717) is 32.9 Å². The largest absolute Gasteiger partial charge is 0.391 e. The summed E-state index contributed by atoms with van der Waals surface area (Å²) in [5.74, 6) is -1.10. The molecule has 0 unspecified atom stereocenters. The van der Waals surface area contributed by atoms with Crippen molar-refractivity contribution in [2.24, 2.45) is 5.41 Å². The van der Waals surface area contributed by atoms with Gasteiger partial charge in [-0.3, -0.25) is 24.1 Å². The maximum Gasteiger partial charge on any atom is 0.246 e. The highest BCUT2D eigenvalue weighted by molar-refractivity contribution is 7.13. The summed E-state index contributed by atoms with van der Waals surface area (Å²) in [5.41, 5.74) is 7.60. The van der Waals surface area contributed by atoms with Crippen molar-refractivity contribution in [1.82, 2.24) is 30.3 Å². The number of β-amino-alcohol motifs (C(OH)–C–C–N with tert-alkyl or cyclic N) is 1. The number of rotatable bonds is 22. The third kappa shape index (κ3) is 14.2. The third-order valence-electron chi connectivity index (χ3n) is 12.9. The van der Waals surface area contributed by atoms with Gasteiger partial charge >= 0.3 is 0 Å². The molecule has 14 nitrogen and oxygen atoms in total. The molecule has 2 aliphatic rings. The molecule has 0 radical (unpaired) electrons. The van der Waals surface area contributed by atoms with Crippen LogP contribution in [0.1, 0.15) is 80.1 Å². The van der Waals surface area contributed by atoms with E-state index in [0.717, 1.165) is 33.8 Å². The van der Waals surface area contributed by atoms with Crippen LogP contribution in [-0.4, -0.2) is 132 Å². The zero-order chi connectivity index (χ0) is 49.5. The topological polar surface area (TPSA) is 163 Å². The fraction of sp³-hybridized carbons (Fsp3) is 0.436. The number of benzene rings is 4. The minimum atomic E-state index is -0.935. The Balaban J connectivity index is 0.788. The lowest BCUT2D eigenvalue weighted by molar-refractivity contribution is -0.144. The number of piperazine rings is 1. The molecule has 1 aromatic heterocycles. The number of aliphatic hydroxyl groups is 1. The van der Waals surface area contributed by atoms with E-state index in [9.17, 15) is 24.3 Å². The Kier molecular flexibility index (Phi) is 18.8. The number of carbonyl (C=O) groups is 4. The van der Waals surface area contributed by atoms with E-state index in [1.54, 1.807) is 11.3 Å². The lowest BCUT2D eigenvalue weighted by atomic mass is 9.85. The van der Waals surface area contributed by atoms with Gasteiger partial charge in [0.25, 0.3) is 0 Å². The highest BCUT2D eigenvalue weighted by Gasteiger charge is 2.44. The molecule has 2 saturated heterocycles. The van der Waals surface area contributed by atoms with Gasteiger partial charge in [-0.15, -0.1) is 11.3 Å². The summed E-state index contributed by atoms with van der Waals surface area (Å²) in [6.07, 6.45) is -0.480. The Bertz CT molecular complexity index is 2390. The second kappa shape index (κ2) is 25.3. The summed E-state index contributed by atoms with van der Waals surface area (Å²) < 4.78 is 17.2. The van der Waals surface area contributed by atoms with E-state index in [-0.39, 0.29) is 82.0 Å². The predicted molar refractivity (Wildman–Crippen MR) is 271 cm³/mol. The van der Waals surface area contributed by atoms with E-state index < -0.39 is 29.5 Å².